The molecule has 90 valence electrons. The van der Waals surface area contributed by atoms with Gasteiger partial charge < -0.3 is 9.15 Å². The summed E-state index contributed by atoms with van der Waals surface area (Å²) in [5.41, 5.74) is 0.915. The van der Waals surface area contributed by atoms with E-state index in [2.05, 4.69) is 5.32 Å². The number of rotatable bonds is 1. The first-order chi connectivity index (χ1) is 7.96. The van der Waals surface area contributed by atoms with Gasteiger partial charge in [0.2, 0.25) is 0 Å². The van der Waals surface area contributed by atoms with Crippen LogP contribution in [-0.4, -0.2) is 11.7 Å². The molecule has 1 amide bonds. The van der Waals surface area contributed by atoms with E-state index in [0.717, 1.165) is 11.0 Å². The Hall–Kier alpha value is -1.97. The van der Waals surface area contributed by atoms with E-state index in [1.807, 2.05) is 45.0 Å². The number of furan rings is 1. The number of benzene rings is 1. The van der Waals surface area contributed by atoms with Crippen LogP contribution in [-0.2, 0) is 4.74 Å². The Balaban J connectivity index is 2.18. The number of anilines is 1. The summed E-state index contributed by atoms with van der Waals surface area (Å²) in [6, 6.07) is 7.28. The van der Waals surface area contributed by atoms with Crippen molar-refractivity contribution in [1.82, 2.24) is 0 Å². The van der Waals surface area contributed by atoms with E-state index < -0.39 is 11.7 Å². The van der Waals surface area contributed by atoms with Crippen LogP contribution in [0.2, 0.25) is 0 Å². The third-order valence-electron chi connectivity index (χ3n) is 2.13. The Kier molecular flexibility index (Phi) is 2.79. The van der Waals surface area contributed by atoms with Crippen LogP contribution < -0.4 is 5.32 Å². The van der Waals surface area contributed by atoms with Crippen molar-refractivity contribution >= 4 is 22.7 Å². The number of ether oxygens (including phenoxy) is 1. The average molecular weight is 233 g/mol. The van der Waals surface area contributed by atoms with Crippen LogP contribution in [0.1, 0.15) is 20.8 Å². The van der Waals surface area contributed by atoms with Crippen LogP contribution >= 0.6 is 0 Å². The van der Waals surface area contributed by atoms with E-state index in [4.69, 9.17) is 9.15 Å². The topological polar surface area (TPSA) is 51.5 Å². The first kappa shape index (κ1) is 11.5. The van der Waals surface area contributed by atoms with E-state index in [9.17, 15) is 4.79 Å². The van der Waals surface area contributed by atoms with Crippen molar-refractivity contribution in [2.75, 3.05) is 5.32 Å². The van der Waals surface area contributed by atoms with Gasteiger partial charge in [0.25, 0.3) is 0 Å². The molecule has 0 aliphatic carbocycles. The summed E-state index contributed by atoms with van der Waals surface area (Å²) in [6.45, 7) is 5.47. The Morgan fingerprint density at radius 1 is 1.29 bits per heavy atom. The summed E-state index contributed by atoms with van der Waals surface area (Å²) >= 11 is 0. The molecular weight excluding hydrogens is 218 g/mol. The van der Waals surface area contributed by atoms with E-state index in [1.54, 1.807) is 6.26 Å². The first-order valence-corrected chi connectivity index (χ1v) is 5.42. The van der Waals surface area contributed by atoms with Crippen LogP contribution in [0.5, 0.6) is 0 Å². The molecule has 4 heteroatoms. The van der Waals surface area contributed by atoms with Crippen molar-refractivity contribution in [2.24, 2.45) is 0 Å². The number of nitrogens with one attached hydrogen (secondary N) is 1. The molecule has 4 nitrogen and oxygen atoms in total. The van der Waals surface area contributed by atoms with Crippen molar-refractivity contribution in [1.29, 1.82) is 0 Å². The minimum Gasteiger partial charge on any atom is -0.464 e. The number of hydrogen-bond acceptors (Lipinski definition) is 3. The fraction of sp³-hybridized carbons (Fsp3) is 0.308. The van der Waals surface area contributed by atoms with Gasteiger partial charge in [0.1, 0.15) is 11.2 Å². The van der Waals surface area contributed by atoms with Gasteiger partial charge in [-0.05, 0) is 39.0 Å². The lowest BCUT2D eigenvalue weighted by Gasteiger charge is -2.19. The molecule has 17 heavy (non-hydrogen) atoms. The molecule has 0 fully saturated rings. The van der Waals surface area contributed by atoms with E-state index in [-0.39, 0.29) is 0 Å². The predicted molar refractivity (Wildman–Crippen MR) is 66.1 cm³/mol. The van der Waals surface area contributed by atoms with Gasteiger partial charge in [-0.15, -0.1) is 0 Å². The normalized spacial score (nSPS) is 11.5. The van der Waals surface area contributed by atoms with Gasteiger partial charge in [-0.3, -0.25) is 5.32 Å². The van der Waals surface area contributed by atoms with Crippen molar-refractivity contribution in [3.63, 3.8) is 0 Å². The van der Waals surface area contributed by atoms with Gasteiger partial charge in [0, 0.05) is 5.39 Å². The Morgan fingerprint density at radius 3 is 2.76 bits per heavy atom. The molecule has 0 unspecified atom stereocenters. The van der Waals surface area contributed by atoms with E-state index in [1.165, 1.54) is 0 Å². The molecule has 1 aromatic carbocycles. The second-order valence-corrected chi connectivity index (χ2v) is 4.76. The summed E-state index contributed by atoms with van der Waals surface area (Å²) in [6.07, 6.45) is 1.12. The molecule has 0 spiro atoms. The van der Waals surface area contributed by atoms with Gasteiger partial charge in [0.15, 0.2) is 0 Å². The van der Waals surface area contributed by atoms with Gasteiger partial charge in [0.05, 0.1) is 12.0 Å². The Bertz CT molecular complexity index is 537. The van der Waals surface area contributed by atoms with Crippen molar-refractivity contribution in [3.8, 4) is 0 Å². The minimum atomic E-state index is -0.506. The SMILES string of the molecule is CC(C)(C)OC(=O)Nc1cccc2occc12. The highest BCUT2D eigenvalue weighted by Crippen LogP contribution is 2.24. The minimum absolute atomic E-state index is 0.466. The molecule has 0 aliphatic heterocycles. The standard InChI is InChI=1S/C13H15NO3/c1-13(2,3)17-12(15)14-10-5-4-6-11-9(10)7-8-16-11/h4-8H,1-3H3,(H,14,15). The second-order valence-electron chi connectivity index (χ2n) is 4.76. The lowest BCUT2D eigenvalue weighted by molar-refractivity contribution is 0.0636. The van der Waals surface area contributed by atoms with Crippen LogP contribution in [0.15, 0.2) is 34.9 Å². The summed E-state index contributed by atoms with van der Waals surface area (Å²) in [4.78, 5) is 11.6. The highest BCUT2D eigenvalue weighted by Gasteiger charge is 2.17. The highest BCUT2D eigenvalue weighted by atomic mass is 16.6. The zero-order valence-electron chi connectivity index (χ0n) is 10.1. The van der Waals surface area contributed by atoms with Gasteiger partial charge >= 0.3 is 6.09 Å². The van der Waals surface area contributed by atoms with Crippen LogP contribution in [0.4, 0.5) is 10.5 Å². The molecule has 2 rings (SSSR count). The van der Waals surface area contributed by atoms with Crippen molar-refractivity contribution in [2.45, 2.75) is 26.4 Å². The van der Waals surface area contributed by atoms with Crippen molar-refractivity contribution in [3.05, 3.63) is 30.5 Å². The largest absolute Gasteiger partial charge is 0.464 e. The number of amides is 1. The lowest BCUT2D eigenvalue weighted by Crippen LogP contribution is -2.27. The fourth-order valence-corrected chi connectivity index (χ4v) is 1.52. The fourth-order valence-electron chi connectivity index (χ4n) is 1.52. The molecule has 0 saturated carbocycles. The summed E-state index contributed by atoms with van der Waals surface area (Å²) < 4.78 is 10.4. The van der Waals surface area contributed by atoms with Gasteiger partial charge in [-0.25, -0.2) is 4.79 Å². The first-order valence-electron chi connectivity index (χ1n) is 5.42. The Labute approximate surface area is 99.6 Å². The number of carbonyl (C=O) groups is 1. The molecule has 0 radical (unpaired) electrons. The van der Waals surface area contributed by atoms with Gasteiger partial charge in [-0.2, -0.15) is 0 Å². The summed E-state index contributed by atoms with van der Waals surface area (Å²) in [5, 5.41) is 3.57. The quantitative estimate of drug-likeness (QED) is 0.815. The molecule has 0 atom stereocenters. The summed E-state index contributed by atoms with van der Waals surface area (Å²) in [7, 11) is 0. The van der Waals surface area contributed by atoms with Gasteiger partial charge in [-0.1, -0.05) is 6.07 Å². The Morgan fingerprint density at radius 2 is 2.06 bits per heavy atom. The molecule has 1 N–H and O–H groups in total. The molecule has 2 aromatic rings. The zero-order valence-corrected chi connectivity index (χ0v) is 10.1. The van der Waals surface area contributed by atoms with Crippen LogP contribution in [0.3, 0.4) is 0 Å². The zero-order chi connectivity index (χ0) is 12.5. The van der Waals surface area contributed by atoms with Crippen LogP contribution in [0, 0.1) is 0 Å². The third kappa shape index (κ3) is 2.78. The predicted octanol–water partition coefficient (Wildman–Crippen LogP) is 3.78. The lowest BCUT2D eigenvalue weighted by atomic mass is 10.2. The maximum Gasteiger partial charge on any atom is 0.412 e. The van der Waals surface area contributed by atoms with E-state index >= 15 is 0 Å². The van der Waals surface area contributed by atoms with Crippen LogP contribution in [0.25, 0.3) is 11.0 Å². The van der Waals surface area contributed by atoms with Crippen molar-refractivity contribution < 1.29 is 13.9 Å². The number of hydrogen-bond donors (Lipinski definition) is 1. The third-order valence-corrected chi connectivity index (χ3v) is 2.13. The number of fused-ring (bicyclic) bond motifs is 1. The second kappa shape index (κ2) is 4.13. The highest BCUT2D eigenvalue weighted by molar-refractivity contribution is 5.98. The average Bonchev–Trinajstić information content (AvgIpc) is 2.63. The molecule has 1 heterocycles. The molecule has 0 bridgehead atoms. The maximum absolute atomic E-state index is 11.6. The molecular formula is C13H15NO3. The molecule has 0 saturated heterocycles. The smallest absolute Gasteiger partial charge is 0.412 e. The number of carbonyl (C=O) groups excluding carboxylic acids is 1. The molecule has 1 aromatic heterocycles. The van der Waals surface area contributed by atoms with E-state index in [0.29, 0.717) is 5.69 Å². The molecule has 0 aliphatic rings. The monoisotopic (exact) mass is 233 g/mol. The maximum atomic E-state index is 11.6. The summed E-state index contributed by atoms with van der Waals surface area (Å²) in [5.74, 6) is 0.